The van der Waals surface area contributed by atoms with Crippen LogP contribution in [0.5, 0.6) is 0 Å². The van der Waals surface area contributed by atoms with E-state index in [1.165, 1.54) is 16.1 Å². The molecule has 0 radical (unpaired) electrons. The highest BCUT2D eigenvalue weighted by molar-refractivity contribution is 8.02. The summed E-state index contributed by atoms with van der Waals surface area (Å²) in [4.78, 5) is 26.3. The lowest BCUT2D eigenvalue weighted by Crippen LogP contribution is -2.46. The highest BCUT2D eigenvalue weighted by atomic mass is 32.2. The lowest BCUT2D eigenvalue weighted by molar-refractivity contribution is -0.138. The number of likely N-dealkylation sites (N-methyl/N-ethyl adjacent to an activating group) is 1. The van der Waals surface area contributed by atoms with Gasteiger partial charge in [-0.2, -0.15) is 4.31 Å². The van der Waals surface area contributed by atoms with Crippen molar-refractivity contribution in [2.24, 2.45) is 0 Å². The molecule has 200 valence electrons. The van der Waals surface area contributed by atoms with Crippen molar-refractivity contribution in [2.45, 2.75) is 22.7 Å². The number of amides is 1. The number of carboxylic acids is 1. The number of sulfonamides is 1. The third-order valence-electron chi connectivity index (χ3n) is 6.36. The number of thioether (sulfide) groups is 1. The van der Waals surface area contributed by atoms with Crippen LogP contribution >= 0.6 is 11.8 Å². The Morgan fingerprint density at radius 2 is 1.61 bits per heavy atom. The van der Waals surface area contributed by atoms with Crippen LogP contribution < -0.4 is 5.32 Å². The third kappa shape index (κ3) is 6.82. The molecule has 1 fully saturated rings. The van der Waals surface area contributed by atoms with Gasteiger partial charge in [-0.05, 0) is 42.3 Å². The highest BCUT2D eigenvalue weighted by Crippen LogP contribution is 2.32. The molecule has 38 heavy (non-hydrogen) atoms. The number of nitrogens with zero attached hydrogens (tertiary/aromatic N) is 2. The topological polar surface area (TPSA) is 107 Å². The summed E-state index contributed by atoms with van der Waals surface area (Å²) in [5.41, 5.74) is 2.78. The molecule has 0 unspecified atom stereocenters. The van der Waals surface area contributed by atoms with E-state index in [2.05, 4.69) is 5.32 Å². The number of carbonyl (C=O) groups excluding carboxylic acids is 1. The molecule has 0 aromatic heterocycles. The lowest BCUT2D eigenvalue weighted by Gasteiger charge is -2.27. The standard InChI is InChI=1S/C28H31N3O5S2/c1-30(20-26(32)33)17-16-25(23-10-6-3-7-11-23)29-27(34)28-31(18-19-37-28)38(35,36)24-14-12-22(13-15-24)21-8-4-2-5-9-21/h2-15,25,28H,16-20H2,1H3,(H,29,34)(H,32,33)/t25-,28-/m0/s1. The van der Waals surface area contributed by atoms with Gasteiger partial charge in [-0.25, -0.2) is 8.42 Å². The molecular weight excluding hydrogens is 522 g/mol. The minimum Gasteiger partial charge on any atom is -0.480 e. The molecule has 2 N–H and O–H groups in total. The summed E-state index contributed by atoms with van der Waals surface area (Å²) in [6.07, 6.45) is 0.477. The molecule has 8 nitrogen and oxygen atoms in total. The van der Waals surface area contributed by atoms with E-state index in [1.807, 2.05) is 60.7 Å². The second-order valence-electron chi connectivity index (χ2n) is 9.12. The fraction of sp³-hybridized carbons (Fsp3) is 0.286. The van der Waals surface area contributed by atoms with Crippen molar-refractivity contribution in [3.63, 3.8) is 0 Å². The molecule has 3 aromatic rings. The summed E-state index contributed by atoms with van der Waals surface area (Å²) >= 11 is 1.30. The number of aliphatic carboxylic acids is 1. The molecule has 1 aliphatic heterocycles. The first kappa shape index (κ1) is 27.8. The van der Waals surface area contributed by atoms with Gasteiger partial charge in [-0.15, -0.1) is 11.8 Å². The van der Waals surface area contributed by atoms with Crippen LogP contribution in [0.4, 0.5) is 0 Å². The molecule has 4 rings (SSSR count). The first-order chi connectivity index (χ1) is 18.3. The Morgan fingerprint density at radius 1 is 1.00 bits per heavy atom. The summed E-state index contributed by atoms with van der Waals surface area (Å²) < 4.78 is 28.3. The van der Waals surface area contributed by atoms with Gasteiger partial charge in [-0.3, -0.25) is 14.5 Å². The fourth-order valence-electron chi connectivity index (χ4n) is 4.40. The predicted octanol–water partition coefficient (Wildman–Crippen LogP) is 3.68. The van der Waals surface area contributed by atoms with Crippen LogP contribution in [0.15, 0.2) is 89.8 Å². The van der Waals surface area contributed by atoms with Crippen molar-refractivity contribution in [1.82, 2.24) is 14.5 Å². The van der Waals surface area contributed by atoms with Crippen LogP contribution in [0.25, 0.3) is 11.1 Å². The quantitative estimate of drug-likeness (QED) is 0.373. The van der Waals surface area contributed by atoms with E-state index in [0.717, 1.165) is 16.7 Å². The number of rotatable bonds is 11. The number of nitrogens with one attached hydrogen (secondary N) is 1. The monoisotopic (exact) mass is 553 g/mol. The minimum atomic E-state index is -3.89. The Morgan fingerprint density at radius 3 is 2.24 bits per heavy atom. The first-order valence-corrected chi connectivity index (χ1v) is 14.8. The number of carboxylic acid groups (broad SMARTS) is 1. The van der Waals surface area contributed by atoms with E-state index in [1.54, 1.807) is 36.2 Å². The smallest absolute Gasteiger partial charge is 0.317 e. The average molecular weight is 554 g/mol. The maximum atomic E-state index is 13.5. The van der Waals surface area contributed by atoms with Gasteiger partial charge in [-0.1, -0.05) is 72.8 Å². The van der Waals surface area contributed by atoms with E-state index in [-0.39, 0.29) is 23.9 Å². The predicted molar refractivity (Wildman–Crippen MR) is 149 cm³/mol. The molecule has 10 heteroatoms. The van der Waals surface area contributed by atoms with Crippen LogP contribution in [-0.4, -0.2) is 72.4 Å². The van der Waals surface area contributed by atoms with Crippen molar-refractivity contribution in [1.29, 1.82) is 0 Å². The molecule has 3 aromatic carbocycles. The molecule has 2 atom stereocenters. The average Bonchev–Trinajstić information content (AvgIpc) is 3.43. The first-order valence-electron chi connectivity index (χ1n) is 12.3. The van der Waals surface area contributed by atoms with Gasteiger partial charge in [0.1, 0.15) is 5.37 Å². The van der Waals surface area contributed by atoms with Gasteiger partial charge in [0, 0.05) is 18.8 Å². The molecule has 1 amide bonds. The molecule has 0 aliphatic carbocycles. The molecule has 0 saturated carbocycles. The minimum absolute atomic E-state index is 0.108. The van der Waals surface area contributed by atoms with E-state index < -0.39 is 27.4 Å². The van der Waals surface area contributed by atoms with Gasteiger partial charge in [0.15, 0.2) is 0 Å². The van der Waals surface area contributed by atoms with Crippen LogP contribution in [0.3, 0.4) is 0 Å². The Labute approximate surface area is 227 Å². The summed E-state index contributed by atoms with van der Waals surface area (Å²) in [5, 5.41) is 11.2. The summed E-state index contributed by atoms with van der Waals surface area (Å²) in [6.45, 7) is 0.575. The molecule has 1 aliphatic rings. The molecule has 1 heterocycles. The zero-order chi connectivity index (χ0) is 27.1. The highest BCUT2D eigenvalue weighted by Gasteiger charge is 2.40. The van der Waals surface area contributed by atoms with E-state index in [4.69, 9.17) is 5.11 Å². The third-order valence-corrected chi connectivity index (χ3v) is 9.58. The van der Waals surface area contributed by atoms with E-state index in [9.17, 15) is 18.0 Å². The summed E-state index contributed by atoms with van der Waals surface area (Å²) in [7, 11) is -2.18. The Bertz CT molecular complexity index is 1340. The van der Waals surface area contributed by atoms with Gasteiger partial charge in [0.05, 0.1) is 17.5 Å². The maximum Gasteiger partial charge on any atom is 0.317 e. The van der Waals surface area contributed by atoms with E-state index >= 15 is 0 Å². The van der Waals surface area contributed by atoms with Crippen molar-refractivity contribution in [2.75, 3.05) is 32.4 Å². The molecule has 0 bridgehead atoms. The van der Waals surface area contributed by atoms with Crippen molar-refractivity contribution < 1.29 is 23.1 Å². The van der Waals surface area contributed by atoms with E-state index in [0.29, 0.717) is 18.7 Å². The van der Waals surface area contributed by atoms with Crippen molar-refractivity contribution in [3.8, 4) is 11.1 Å². The van der Waals surface area contributed by atoms with Gasteiger partial charge < -0.3 is 10.4 Å². The SMILES string of the molecule is CN(CC[C@H](NC(=O)[C@@H]1SCCN1S(=O)(=O)c1ccc(-c2ccccc2)cc1)c1ccccc1)CC(=O)O. The Hall–Kier alpha value is -3.18. The normalized spacial score (nSPS) is 16.8. The maximum absolute atomic E-state index is 13.5. The largest absolute Gasteiger partial charge is 0.480 e. The Kier molecular flexibility index (Phi) is 9.22. The van der Waals surface area contributed by atoms with Crippen LogP contribution in [0.1, 0.15) is 18.0 Å². The van der Waals surface area contributed by atoms with Crippen LogP contribution in [0, 0.1) is 0 Å². The zero-order valence-electron chi connectivity index (χ0n) is 21.1. The van der Waals surface area contributed by atoms with Crippen LogP contribution in [0.2, 0.25) is 0 Å². The van der Waals surface area contributed by atoms with Crippen molar-refractivity contribution >= 4 is 33.7 Å². The van der Waals surface area contributed by atoms with Gasteiger partial charge in [0.25, 0.3) is 0 Å². The van der Waals surface area contributed by atoms with Crippen LogP contribution in [-0.2, 0) is 19.6 Å². The Balaban J connectivity index is 1.49. The molecule has 1 saturated heterocycles. The van der Waals surface area contributed by atoms with Gasteiger partial charge >= 0.3 is 5.97 Å². The molecule has 0 spiro atoms. The second-order valence-corrected chi connectivity index (χ2v) is 12.2. The zero-order valence-corrected chi connectivity index (χ0v) is 22.7. The molecular formula is C28H31N3O5S2. The lowest BCUT2D eigenvalue weighted by atomic mass is 10.0. The summed E-state index contributed by atoms with van der Waals surface area (Å²) in [5.74, 6) is -0.795. The van der Waals surface area contributed by atoms with Crippen molar-refractivity contribution in [3.05, 3.63) is 90.5 Å². The van der Waals surface area contributed by atoms with Gasteiger partial charge in [0.2, 0.25) is 15.9 Å². The number of hydrogen-bond acceptors (Lipinski definition) is 6. The number of hydrogen-bond donors (Lipinski definition) is 2. The fourth-order valence-corrected chi connectivity index (χ4v) is 7.49. The summed E-state index contributed by atoms with van der Waals surface area (Å²) in [6, 6.07) is 25.4. The number of benzene rings is 3. The second kappa shape index (κ2) is 12.6. The number of carbonyl (C=O) groups is 2.